The Balaban J connectivity index is 1.82. The Morgan fingerprint density at radius 3 is 2.28 bits per heavy atom. The van der Waals surface area contributed by atoms with Crippen molar-refractivity contribution in [2.75, 3.05) is 19.6 Å². The van der Waals surface area contributed by atoms with Crippen molar-refractivity contribution in [3.8, 4) is 0 Å². The maximum Gasteiger partial charge on any atom is 0.259 e. The molecule has 1 unspecified atom stereocenters. The van der Waals surface area contributed by atoms with Gasteiger partial charge >= 0.3 is 0 Å². The van der Waals surface area contributed by atoms with Gasteiger partial charge in [0.05, 0.1) is 0 Å². The van der Waals surface area contributed by atoms with Crippen LogP contribution in [-0.4, -0.2) is 40.9 Å². The van der Waals surface area contributed by atoms with Crippen molar-refractivity contribution in [2.45, 2.75) is 58.4 Å². The lowest BCUT2D eigenvalue weighted by Gasteiger charge is -2.22. The molecule has 32 heavy (non-hydrogen) atoms. The van der Waals surface area contributed by atoms with E-state index in [0.29, 0.717) is 31.1 Å². The van der Waals surface area contributed by atoms with E-state index in [9.17, 15) is 14.4 Å². The molecule has 1 aromatic carbocycles. The molecule has 2 heterocycles. The minimum absolute atomic E-state index is 0.0158. The van der Waals surface area contributed by atoms with E-state index in [2.05, 4.69) is 5.32 Å². The first-order chi connectivity index (χ1) is 15.4. The minimum atomic E-state index is -0.497. The van der Waals surface area contributed by atoms with Gasteiger partial charge in [0.2, 0.25) is 5.43 Å². The first kappa shape index (κ1) is 24.1. The second-order valence-electron chi connectivity index (χ2n) is 8.46. The number of likely N-dealkylation sites (tertiary alicyclic amines) is 1. The zero-order valence-corrected chi connectivity index (χ0v) is 19.7. The second-order valence-corrected chi connectivity index (χ2v) is 8.89. The number of pyridine rings is 1. The average Bonchev–Trinajstić information content (AvgIpc) is 3.09. The molecule has 1 aliphatic heterocycles. The van der Waals surface area contributed by atoms with Crippen LogP contribution in [0.5, 0.6) is 0 Å². The third kappa shape index (κ3) is 6.00. The van der Waals surface area contributed by atoms with Crippen LogP contribution in [-0.2, 0) is 6.42 Å². The Morgan fingerprint density at radius 2 is 1.66 bits per heavy atom. The number of nitrogens with zero attached hydrogens (tertiary/aromatic N) is 2. The lowest BCUT2D eigenvalue weighted by atomic mass is 10.1. The van der Waals surface area contributed by atoms with Crippen LogP contribution in [0.1, 0.15) is 78.3 Å². The van der Waals surface area contributed by atoms with Crippen molar-refractivity contribution in [1.82, 2.24) is 14.8 Å². The van der Waals surface area contributed by atoms with Gasteiger partial charge in [0, 0.05) is 43.1 Å². The highest BCUT2D eigenvalue weighted by Gasteiger charge is 2.24. The first-order valence-electron chi connectivity index (χ1n) is 11.5. The van der Waals surface area contributed by atoms with Gasteiger partial charge in [-0.3, -0.25) is 14.4 Å². The molecule has 0 radical (unpaired) electrons. The third-order valence-corrected chi connectivity index (χ3v) is 6.38. The summed E-state index contributed by atoms with van der Waals surface area (Å²) in [6, 6.07) is 7.49. The Kier molecular flexibility index (Phi) is 8.51. The predicted octanol–water partition coefficient (Wildman–Crippen LogP) is 4.46. The van der Waals surface area contributed by atoms with Crippen LogP contribution in [0.15, 0.2) is 41.5 Å². The molecule has 0 spiro atoms. The van der Waals surface area contributed by atoms with Gasteiger partial charge in [-0.1, -0.05) is 43.5 Å². The number of halogens is 1. The van der Waals surface area contributed by atoms with Gasteiger partial charge in [0.1, 0.15) is 11.1 Å². The molecule has 1 saturated heterocycles. The maximum absolute atomic E-state index is 13.2. The average molecular weight is 458 g/mol. The highest BCUT2D eigenvalue weighted by molar-refractivity contribution is 6.30. The van der Waals surface area contributed by atoms with Gasteiger partial charge in [-0.05, 0) is 50.3 Å². The zero-order valence-electron chi connectivity index (χ0n) is 18.9. The fourth-order valence-electron chi connectivity index (χ4n) is 3.89. The fraction of sp³-hybridized carbons (Fsp3) is 0.480. The smallest absolute Gasteiger partial charge is 0.259 e. The molecule has 0 saturated carbocycles. The summed E-state index contributed by atoms with van der Waals surface area (Å²) < 4.78 is 1.82. The van der Waals surface area contributed by atoms with Crippen LogP contribution in [0.4, 0.5) is 0 Å². The van der Waals surface area contributed by atoms with Crippen molar-refractivity contribution >= 4 is 23.4 Å². The van der Waals surface area contributed by atoms with Gasteiger partial charge in [-0.2, -0.15) is 0 Å². The Hall–Kier alpha value is -2.60. The maximum atomic E-state index is 13.2. The van der Waals surface area contributed by atoms with Gasteiger partial charge in [-0.25, -0.2) is 0 Å². The number of rotatable bonds is 7. The summed E-state index contributed by atoms with van der Waals surface area (Å²) in [5, 5.41) is 3.49. The first-order valence-corrected chi connectivity index (χ1v) is 11.9. The Bertz CT molecular complexity index is 992. The standard InChI is InChI=1S/C25H32ClN3O3/c1-3-18(2)29-16-21(24(31)27-13-12-19-8-10-20(26)11-9-19)23(30)22(17-29)25(32)28-14-6-4-5-7-15-28/h8-11,16-18H,3-7,12-15H2,1-2H3,(H,27,31). The van der Waals surface area contributed by atoms with E-state index in [4.69, 9.17) is 11.6 Å². The SMILES string of the molecule is CCC(C)n1cc(C(=O)NCCc2ccc(Cl)cc2)c(=O)c(C(=O)N2CCCCCC2)c1. The van der Waals surface area contributed by atoms with Crippen molar-refractivity contribution in [3.63, 3.8) is 0 Å². The van der Waals surface area contributed by atoms with Crippen molar-refractivity contribution in [1.29, 1.82) is 0 Å². The van der Waals surface area contributed by atoms with Crippen LogP contribution >= 0.6 is 11.6 Å². The summed E-state index contributed by atoms with van der Waals surface area (Å²) in [4.78, 5) is 41.1. The van der Waals surface area contributed by atoms with Crippen molar-refractivity contribution in [2.24, 2.45) is 0 Å². The molecular formula is C25H32ClN3O3. The van der Waals surface area contributed by atoms with Gasteiger partial charge in [-0.15, -0.1) is 0 Å². The molecule has 2 aromatic rings. The normalized spacial score (nSPS) is 15.2. The summed E-state index contributed by atoms with van der Waals surface area (Å²) >= 11 is 5.91. The Labute approximate surface area is 194 Å². The van der Waals surface area contributed by atoms with E-state index >= 15 is 0 Å². The molecule has 1 aliphatic rings. The van der Waals surface area contributed by atoms with Crippen LogP contribution in [0.2, 0.25) is 5.02 Å². The van der Waals surface area contributed by atoms with Crippen molar-refractivity contribution < 1.29 is 9.59 Å². The Morgan fingerprint density at radius 1 is 1.03 bits per heavy atom. The van der Waals surface area contributed by atoms with Gasteiger partial charge < -0.3 is 14.8 Å². The summed E-state index contributed by atoms with van der Waals surface area (Å²) in [7, 11) is 0. The van der Waals surface area contributed by atoms with Crippen LogP contribution < -0.4 is 10.7 Å². The monoisotopic (exact) mass is 457 g/mol. The number of carbonyl (C=O) groups excluding carboxylic acids is 2. The summed E-state index contributed by atoms with van der Waals surface area (Å²) in [6.07, 6.45) is 8.70. The van der Waals surface area contributed by atoms with E-state index in [1.54, 1.807) is 29.4 Å². The van der Waals surface area contributed by atoms with Crippen LogP contribution in [0.25, 0.3) is 0 Å². The molecule has 3 rings (SSSR count). The molecule has 7 heteroatoms. The molecule has 1 fully saturated rings. The lowest BCUT2D eigenvalue weighted by Crippen LogP contribution is -2.38. The van der Waals surface area contributed by atoms with Crippen LogP contribution in [0.3, 0.4) is 0 Å². The molecule has 2 amide bonds. The number of carbonyl (C=O) groups is 2. The minimum Gasteiger partial charge on any atom is -0.352 e. The number of aromatic nitrogens is 1. The molecule has 0 bridgehead atoms. The highest BCUT2D eigenvalue weighted by atomic mass is 35.5. The van der Waals surface area contributed by atoms with E-state index in [0.717, 1.165) is 37.7 Å². The van der Waals surface area contributed by atoms with E-state index in [1.807, 2.05) is 30.5 Å². The van der Waals surface area contributed by atoms with E-state index < -0.39 is 11.3 Å². The van der Waals surface area contributed by atoms with Crippen molar-refractivity contribution in [3.05, 3.63) is 68.6 Å². The van der Waals surface area contributed by atoms with E-state index in [-0.39, 0.29) is 23.1 Å². The number of hydrogen-bond acceptors (Lipinski definition) is 3. The molecule has 1 atom stereocenters. The summed E-state index contributed by atoms with van der Waals surface area (Å²) in [5.74, 6) is -0.726. The number of benzene rings is 1. The zero-order chi connectivity index (χ0) is 23.1. The molecule has 1 aromatic heterocycles. The largest absolute Gasteiger partial charge is 0.352 e. The summed E-state index contributed by atoms with van der Waals surface area (Å²) in [6.45, 7) is 5.73. The number of nitrogens with one attached hydrogen (secondary N) is 1. The van der Waals surface area contributed by atoms with Gasteiger partial charge in [0.15, 0.2) is 0 Å². The molecule has 1 N–H and O–H groups in total. The predicted molar refractivity (Wildman–Crippen MR) is 128 cm³/mol. The third-order valence-electron chi connectivity index (χ3n) is 6.13. The summed E-state index contributed by atoms with van der Waals surface area (Å²) in [5.41, 5.74) is 0.638. The van der Waals surface area contributed by atoms with Gasteiger partial charge in [0.25, 0.3) is 11.8 Å². The molecule has 0 aliphatic carbocycles. The molecular weight excluding hydrogens is 426 g/mol. The highest BCUT2D eigenvalue weighted by Crippen LogP contribution is 2.15. The topological polar surface area (TPSA) is 71.4 Å². The quantitative estimate of drug-likeness (QED) is 0.667. The fourth-order valence-corrected chi connectivity index (χ4v) is 4.01. The second kappa shape index (κ2) is 11.3. The number of amides is 2. The number of hydrogen-bond donors (Lipinski definition) is 1. The molecule has 172 valence electrons. The van der Waals surface area contributed by atoms with Crippen LogP contribution in [0, 0.1) is 0 Å². The molecule has 6 nitrogen and oxygen atoms in total. The van der Waals surface area contributed by atoms with E-state index in [1.165, 1.54) is 0 Å². The lowest BCUT2D eigenvalue weighted by molar-refractivity contribution is 0.0759.